The number of amides is 2. The first-order chi connectivity index (χ1) is 10.4. The van der Waals surface area contributed by atoms with Crippen LogP contribution in [-0.4, -0.2) is 60.5 Å². The maximum absolute atomic E-state index is 12.5. The zero-order valence-electron chi connectivity index (χ0n) is 13.6. The normalized spacial score (nSPS) is 32.3. The Bertz CT molecular complexity index is 479. The van der Waals surface area contributed by atoms with Gasteiger partial charge in [-0.3, -0.25) is 0 Å². The molecule has 128 valence electrons. The van der Waals surface area contributed by atoms with Crippen molar-refractivity contribution in [1.82, 2.24) is 10.2 Å². The SMILES string of the molecule is CCS[C@@H]1CCC[C@@H](NC(=O)N2CCS(=O)(=O)CC[C@@H]2C)C1. The number of thioether (sulfide) groups is 1. The first-order valence-electron chi connectivity index (χ1n) is 8.30. The molecule has 5 nitrogen and oxygen atoms in total. The second-order valence-corrected chi connectivity index (χ2v) is 10.3. The summed E-state index contributed by atoms with van der Waals surface area (Å²) in [5.74, 6) is 1.40. The largest absolute Gasteiger partial charge is 0.335 e. The second kappa shape index (κ2) is 7.90. The molecule has 1 aliphatic carbocycles. The van der Waals surface area contributed by atoms with E-state index in [2.05, 4.69) is 12.2 Å². The molecule has 7 heteroatoms. The molecule has 1 saturated carbocycles. The molecule has 1 saturated heterocycles. The molecule has 1 heterocycles. The van der Waals surface area contributed by atoms with Crippen LogP contribution in [0.5, 0.6) is 0 Å². The maximum atomic E-state index is 12.5. The van der Waals surface area contributed by atoms with Gasteiger partial charge >= 0.3 is 6.03 Å². The smallest absolute Gasteiger partial charge is 0.317 e. The summed E-state index contributed by atoms with van der Waals surface area (Å²) in [6, 6.07) is 0.135. The van der Waals surface area contributed by atoms with Crippen molar-refractivity contribution in [2.75, 3.05) is 23.8 Å². The molecule has 0 unspecified atom stereocenters. The fraction of sp³-hybridized carbons (Fsp3) is 0.933. The van der Waals surface area contributed by atoms with Crippen molar-refractivity contribution >= 4 is 27.6 Å². The Hall–Kier alpha value is -0.430. The Labute approximate surface area is 138 Å². The van der Waals surface area contributed by atoms with Crippen molar-refractivity contribution in [2.24, 2.45) is 0 Å². The summed E-state index contributed by atoms with van der Waals surface area (Å²) in [5, 5.41) is 3.79. The van der Waals surface area contributed by atoms with Crippen LogP contribution < -0.4 is 5.32 Å². The average molecular weight is 349 g/mol. The van der Waals surface area contributed by atoms with Crippen molar-refractivity contribution in [2.45, 2.75) is 63.3 Å². The molecule has 2 amide bonds. The molecular formula is C15H28N2O3S2. The van der Waals surface area contributed by atoms with Gasteiger partial charge in [0.05, 0.1) is 11.5 Å². The minimum atomic E-state index is -2.99. The summed E-state index contributed by atoms with van der Waals surface area (Å²) in [4.78, 5) is 14.2. The Morgan fingerprint density at radius 1 is 1.27 bits per heavy atom. The number of carbonyl (C=O) groups is 1. The van der Waals surface area contributed by atoms with Crippen LogP contribution in [0, 0.1) is 0 Å². The first-order valence-corrected chi connectivity index (χ1v) is 11.2. The predicted molar refractivity (Wildman–Crippen MR) is 92.1 cm³/mol. The van der Waals surface area contributed by atoms with Gasteiger partial charge in [0.2, 0.25) is 0 Å². The van der Waals surface area contributed by atoms with Crippen LogP contribution >= 0.6 is 11.8 Å². The van der Waals surface area contributed by atoms with Crippen LogP contribution in [0.3, 0.4) is 0 Å². The van der Waals surface area contributed by atoms with Gasteiger partial charge in [-0.15, -0.1) is 0 Å². The van der Waals surface area contributed by atoms with Crippen LogP contribution in [0.1, 0.15) is 46.0 Å². The van der Waals surface area contributed by atoms with Gasteiger partial charge in [0.1, 0.15) is 0 Å². The fourth-order valence-corrected chi connectivity index (χ4v) is 5.84. The molecule has 22 heavy (non-hydrogen) atoms. The lowest BCUT2D eigenvalue weighted by Crippen LogP contribution is -2.50. The highest BCUT2D eigenvalue weighted by atomic mass is 32.2. The van der Waals surface area contributed by atoms with Crippen LogP contribution in [0.4, 0.5) is 4.79 Å². The number of nitrogens with one attached hydrogen (secondary N) is 1. The number of sulfone groups is 1. The molecule has 2 rings (SSSR count). The molecule has 1 aliphatic heterocycles. The highest BCUT2D eigenvalue weighted by Gasteiger charge is 2.30. The molecule has 2 fully saturated rings. The van der Waals surface area contributed by atoms with Gasteiger partial charge in [-0.1, -0.05) is 13.3 Å². The van der Waals surface area contributed by atoms with Crippen LogP contribution in [0.25, 0.3) is 0 Å². The summed E-state index contributed by atoms with van der Waals surface area (Å²) >= 11 is 1.98. The minimum Gasteiger partial charge on any atom is -0.335 e. The molecule has 0 aromatic carbocycles. The van der Waals surface area contributed by atoms with Crippen molar-refractivity contribution < 1.29 is 13.2 Å². The van der Waals surface area contributed by atoms with Gasteiger partial charge in [0.15, 0.2) is 9.84 Å². The van der Waals surface area contributed by atoms with Crippen molar-refractivity contribution in [1.29, 1.82) is 0 Å². The van der Waals surface area contributed by atoms with Crippen LogP contribution in [0.15, 0.2) is 0 Å². The molecular weight excluding hydrogens is 320 g/mol. The topological polar surface area (TPSA) is 66.5 Å². The number of hydrogen-bond donors (Lipinski definition) is 1. The number of nitrogens with zero attached hydrogens (tertiary/aromatic N) is 1. The summed E-state index contributed by atoms with van der Waals surface area (Å²) in [7, 11) is -2.99. The number of carbonyl (C=O) groups excluding carboxylic acids is 1. The summed E-state index contributed by atoms with van der Waals surface area (Å²) < 4.78 is 23.5. The van der Waals surface area contributed by atoms with Crippen LogP contribution in [0.2, 0.25) is 0 Å². The Balaban J connectivity index is 1.90. The van der Waals surface area contributed by atoms with Crippen molar-refractivity contribution in [3.8, 4) is 0 Å². The third-order valence-electron chi connectivity index (χ3n) is 4.64. The molecule has 2 aliphatic rings. The number of rotatable bonds is 3. The second-order valence-electron chi connectivity index (χ2n) is 6.37. The average Bonchev–Trinajstić information content (AvgIpc) is 2.59. The number of urea groups is 1. The standard InChI is InChI=1S/C15H28N2O3S2/c1-3-21-14-6-4-5-13(11-14)16-15(18)17-8-10-22(19,20)9-7-12(17)2/h12-14H,3-11H2,1-2H3,(H,16,18)/t12-,13+,14+/m0/s1. The van der Waals surface area contributed by atoms with Crippen molar-refractivity contribution in [3.63, 3.8) is 0 Å². The summed E-state index contributed by atoms with van der Waals surface area (Å²) in [5.41, 5.74) is 0. The summed E-state index contributed by atoms with van der Waals surface area (Å²) in [6.45, 7) is 4.43. The third kappa shape index (κ3) is 5.05. The monoisotopic (exact) mass is 348 g/mol. The van der Waals surface area contributed by atoms with Crippen LogP contribution in [-0.2, 0) is 9.84 Å². The lowest BCUT2D eigenvalue weighted by Gasteiger charge is -2.33. The highest BCUT2D eigenvalue weighted by molar-refractivity contribution is 7.99. The van der Waals surface area contributed by atoms with E-state index in [9.17, 15) is 13.2 Å². The zero-order valence-corrected chi connectivity index (χ0v) is 15.2. The van der Waals surface area contributed by atoms with E-state index in [-0.39, 0.29) is 29.6 Å². The Kier molecular flexibility index (Phi) is 6.44. The molecule has 0 aromatic heterocycles. The highest BCUT2D eigenvalue weighted by Crippen LogP contribution is 2.28. The predicted octanol–water partition coefficient (Wildman–Crippen LogP) is 2.27. The lowest BCUT2D eigenvalue weighted by atomic mass is 9.95. The van der Waals surface area contributed by atoms with Gasteiger partial charge in [-0.2, -0.15) is 11.8 Å². The Morgan fingerprint density at radius 2 is 2.05 bits per heavy atom. The van der Waals surface area contributed by atoms with Gasteiger partial charge in [-0.05, 0) is 38.4 Å². The van der Waals surface area contributed by atoms with Gasteiger partial charge < -0.3 is 10.2 Å². The zero-order chi connectivity index (χ0) is 16.2. The third-order valence-corrected chi connectivity index (χ3v) is 7.53. The van der Waals surface area contributed by atoms with E-state index in [1.165, 1.54) is 6.42 Å². The molecule has 0 bridgehead atoms. The van der Waals surface area contributed by atoms with E-state index in [0.717, 1.165) is 25.0 Å². The molecule has 0 aromatic rings. The van der Waals surface area contributed by atoms with E-state index in [0.29, 0.717) is 18.2 Å². The van der Waals surface area contributed by atoms with Gasteiger partial charge in [-0.25, -0.2) is 13.2 Å². The fourth-order valence-electron chi connectivity index (χ4n) is 3.29. The lowest BCUT2D eigenvalue weighted by molar-refractivity contribution is 0.176. The first kappa shape index (κ1) is 17.9. The number of hydrogen-bond acceptors (Lipinski definition) is 4. The quantitative estimate of drug-likeness (QED) is 0.850. The van der Waals surface area contributed by atoms with E-state index in [4.69, 9.17) is 0 Å². The molecule has 0 spiro atoms. The van der Waals surface area contributed by atoms with Crippen molar-refractivity contribution in [3.05, 3.63) is 0 Å². The van der Waals surface area contributed by atoms with Gasteiger partial charge in [0.25, 0.3) is 0 Å². The van der Waals surface area contributed by atoms with E-state index < -0.39 is 9.84 Å². The van der Waals surface area contributed by atoms with E-state index >= 15 is 0 Å². The molecule has 3 atom stereocenters. The molecule has 1 N–H and O–H groups in total. The maximum Gasteiger partial charge on any atom is 0.317 e. The summed E-state index contributed by atoms with van der Waals surface area (Å²) in [6.07, 6.45) is 5.00. The van der Waals surface area contributed by atoms with E-state index in [1.54, 1.807) is 4.90 Å². The minimum absolute atomic E-state index is 0.0123. The van der Waals surface area contributed by atoms with Gasteiger partial charge in [0, 0.05) is 23.9 Å². The van der Waals surface area contributed by atoms with E-state index in [1.807, 2.05) is 18.7 Å². The Morgan fingerprint density at radius 3 is 2.77 bits per heavy atom. The molecule has 0 radical (unpaired) electrons.